The Kier molecular flexibility index (Phi) is 4.94. The zero-order valence-corrected chi connectivity index (χ0v) is 13.3. The number of rotatable bonds is 4. The van der Waals surface area contributed by atoms with E-state index in [-0.39, 0.29) is 4.90 Å². The third-order valence-electron chi connectivity index (χ3n) is 3.50. The van der Waals surface area contributed by atoms with Crippen molar-refractivity contribution in [2.24, 2.45) is 5.92 Å². The van der Waals surface area contributed by atoms with E-state index >= 15 is 0 Å². The first-order valence-electron chi connectivity index (χ1n) is 6.64. The Morgan fingerprint density at radius 1 is 1.25 bits per heavy atom. The lowest BCUT2D eigenvalue weighted by Gasteiger charge is -2.22. The number of ether oxygens (including phenoxy) is 2. The van der Waals surface area contributed by atoms with Crippen LogP contribution in [0.25, 0.3) is 0 Å². The maximum absolute atomic E-state index is 11.5. The Bertz CT molecular complexity index is 554. The number of hydrogen-bond acceptors (Lipinski definition) is 4. The molecular weight excluding hydrogens is 300 g/mol. The number of halogens is 1. The summed E-state index contributed by atoms with van der Waals surface area (Å²) in [6.45, 7) is 5.66. The zero-order chi connectivity index (χ0) is 14.8. The van der Waals surface area contributed by atoms with Crippen LogP contribution in [0.1, 0.15) is 24.0 Å². The topological polar surface area (TPSA) is 52.6 Å². The van der Waals surface area contributed by atoms with Gasteiger partial charge in [-0.2, -0.15) is 0 Å². The molecular formula is C14H19ClO4S. The van der Waals surface area contributed by atoms with Crippen molar-refractivity contribution < 1.29 is 17.9 Å². The van der Waals surface area contributed by atoms with E-state index in [0.717, 1.165) is 26.1 Å². The van der Waals surface area contributed by atoms with Gasteiger partial charge in [-0.15, -0.1) is 0 Å². The van der Waals surface area contributed by atoms with Crippen LogP contribution in [-0.2, 0) is 13.8 Å². The minimum atomic E-state index is -3.72. The molecule has 1 aromatic carbocycles. The van der Waals surface area contributed by atoms with Crippen LogP contribution in [0, 0.1) is 19.8 Å². The first-order valence-corrected chi connectivity index (χ1v) is 8.95. The molecule has 112 valence electrons. The van der Waals surface area contributed by atoms with Crippen molar-refractivity contribution in [1.29, 1.82) is 0 Å². The molecule has 1 heterocycles. The molecule has 4 nitrogen and oxygen atoms in total. The molecule has 20 heavy (non-hydrogen) atoms. The normalized spacial score (nSPS) is 17.1. The van der Waals surface area contributed by atoms with E-state index < -0.39 is 9.05 Å². The van der Waals surface area contributed by atoms with Crippen molar-refractivity contribution in [3.05, 3.63) is 23.3 Å². The summed E-state index contributed by atoms with van der Waals surface area (Å²) in [4.78, 5) is 0.178. The first-order chi connectivity index (χ1) is 9.38. The predicted molar refractivity (Wildman–Crippen MR) is 78.0 cm³/mol. The van der Waals surface area contributed by atoms with Crippen molar-refractivity contribution in [1.82, 2.24) is 0 Å². The maximum atomic E-state index is 11.5. The van der Waals surface area contributed by atoms with E-state index in [1.165, 1.54) is 0 Å². The van der Waals surface area contributed by atoms with E-state index in [0.29, 0.717) is 29.4 Å². The second-order valence-corrected chi connectivity index (χ2v) is 7.69. The van der Waals surface area contributed by atoms with E-state index in [1.807, 2.05) is 0 Å². The van der Waals surface area contributed by atoms with E-state index in [2.05, 4.69) is 0 Å². The summed E-state index contributed by atoms with van der Waals surface area (Å²) in [6, 6.07) is 3.45. The van der Waals surface area contributed by atoms with Gasteiger partial charge in [-0.25, -0.2) is 8.42 Å². The lowest BCUT2D eigenvalue weighted by molar-refractivity contribution is 0.0497. The SMILES string of the molecule is Cc1cc(OCC2CCOCC2)cc(C)c1S(=O)(=O)Cl. The second-order valence-electron chi connectivity index (χ2n) is 5.19. The minimum Gasteiger partial charge on any atom is -0.493 e. The summed E-state index contributed by atoms with van der Waals surface area (Å²) in [6.07, 6.45) is 2.01. The van der Waals surface area contributed by atoms with Crippen molar-refractivity contribution in [3.8, 4) is 5.75 Å². The fraction of sp³-hybridized carbons (Fsp3) is 0.571. The van der Waals surface area contributed by atoms with Crippen molar-refractivity contribution in [2.75, 3.05) is 19.8 Å². The Hall–Kier alpha value is -0.780. The van der Waals surface area contributed by atoms with Gasteiger partial charge in [-0.05, 0) is 55.9 Å². The van der Waals surface area contributed by atoms with Gasteiger partial charge >= 0.3 is 0 Å². The average Bonchev–Trinajstić information content (AvgIpc) is 2.35. The summed E-state index contributed by atoms with van der Waals surface area (Å²) in [5, 5.41) is 0. The van der Waals surface area contributed by atoms with Crippen LogP contribution < -0.4 is 4.74 Å². The van der Waals surface area contributed by atoms with Crippen LogP contribution in [-0.4, -0.2) is 28.2 Å². The molecule has 1 aromatic rings. The second kappa shape index (κ2) is 6.33. The average molecular weight is 319 g/mol. The Morgan fingerprint density at radius 2 is 1.80 bits per heavy atom. The highest BCUT2D eigenvalue weighted by Crippen LogP contribution is 2.28. The summed E-state index contributed by atoms with van der Waals surface area (Å²) < 4.78 is 34.1. The lowest BCUT2D eigenvalue weighted by Crippen LogP contribution is -2.21. The van der Waals surface area contributed by atoms with Crippen LogP contribution in [0.15, 0.2) is 17.0 Å². The number of benzene rings is 1. The van der Waals surface area contributed by atoms with Crippen molar-refractivity contribution >= 4 is 19.7 Å². The van der Waals surface area contributed by atoms with Gasteiger partial charge in [0, 0.05) is 23.9 Å². The van der Waals surface area contributed by atoms with Gasteiger partial charge in [0.2, 0.25) is 0 Å². The Morgan fingerprint density at radius 3 is 2.30 bits per heavy atom. The van der Waals surface area contributed by atoms with Crippen LogP contribution in [0.3, 0.4) is 0 Å². The van der Waals surface area contributed by atoms with Crippen LogP contribution in [0.5, 0.6) is 5.75 Å². The van der Waals surface area contributed by atoms with Gasteiger partial charge in [0.25, 0.3) is 9.05 Å². The molecule has 0 aliphatic carbocycles. The van der Waals surface area contributed by atoms with Crippen LogP contribution in [0.4, 0.5) is 0 Å². The summed E-state index contributed by atoms with van der Waals surface area (Å²) in [7, 11) is 1.72. The Labute approximate surface area is 124 Å². The molecule has 0 radical (unpaired) electrons. The van der Waals surface area contributed by atoms with Gasteiger partial charge in [0.05, 0.1) is 11.5 Å². The third kappa shape index (κ3) is 3.87. The lowest BCUT2D eigenvalue weighted by atomic mass is 10.0. The highest BCUT2D eigenvalue weighted by atomic mass is 35.7. The maximum Gasteiger partial charge on any atom is 0.261 e. The van der Waals surface area contributed by atoms with E-state index in [4.69, 9.17) is 20.2 Å². The first kappa shape index (κ1) is 15.6. The molecule has 0 saturated carbocycles. The zero-order valence-electron chi connectivity index (χ0n) is 11.7. The predicted octanol–water partition coefficient (Wildman–Crippen LogP) is 3.04. The van der Waals surface area contributed by atoms with Gasteiger partial charge in [0.15, 0.2) is 0 Å². The quantitative estimate of drug-likeness (QED) is 0.801. The van der Waals surface area contributed by atoms with Gasteiger partial charge in [-0.3, -0.25) is 0 Å². The van der Waals surface area contributed by atoms with Crippen LogP contribution in [0.2, 0.25) is 0 Å². The molecule has 1 saturated heterocycles. The fourth-order valence-electron chi connectivity index (χ4n) is 2.51. The van der Waals surface area contributed by atoms with Crippen molar-refractivity contribution in [2.45, 2.75) is 31.6 Å². The highest BCUT2D eigenvalue weighted by Gasteiger charge is 2.19. The Balaban J connectivity index is 2.10. The standard InChI is InChI=1S/C14H19ClO4S/c1-10-7-13(8-11(2)14(10)20(15,16)17)19-9-12-3-5-18-6-4-12/h7-8,12H,3-6,9H2,1-2H3. The largest absolute Gasteiger partial charge is 0.493 e. The monoisotopic (exact) mass is 318 g/mol. The molecule has 1 fully saturated rings. The number of hydrogen-bond donors (Lipinski definition) is 0. The molecule has 0 atom stereocenters. The van der Waals surface area contributed by atoms with E-state index in [9.17, 15) is 8.42 Å². The fourth-order valence-corrected chi connectivity index (χ4v) is 4.12. The smallest absolute Gasteiger partial charge is 0.261 e. The molecule has 1 aliphatic rings. The van der Waals surface area contributed by atoms with E-state index in [1.54, 1.807) is 26.0 Å². The molecule has 0 unspecified atom stereocenters. The molecule has 0 N–H and O–H groups in total. The number of aryl methyl sites for hydroxylation is 2. The molecule has 0 bridgehead atoms. The molecule has 0 spiro atoms. The third-order valence-corrected chi connectivity index (χ3v) is 5.10. The van der Waals surface area contributed by atoms with Crippen LogP contribution >= 0.6 is 10.7 Å². The highest BCUT2D eigenvalue weighted by molar-refractivity contribution is 8.13. The summed E-state index contributed by atoms with van der Waals surface area (Å²) >= 11 is 0. The van der Waals surface area contributed by atoms with Gasteiger partial charge in [-0.1, -0.05) is 0 Å². The van der Waals surface area contributed by atoms with Gasteiger partial charge < -0.3 is 9.47 Å². The van der Waals surface area contributed by atoms with Gasteiger partial charge in [0.1, 0.15) is 5.75 Å². The molecule has 6 heteroatoms. The summed E-state index contributed by atoms with van der Waals surface area (Å²) in [5.41, 5.74) is 1.23. The molecule has 1 aliphatic heterocycles. The molecule has 0 amide bonds. The van der Waals surface area contributed by atoms with Crippen molar-refractivity contribution in [3.63, 3.8) is 0 Å². The molecule has 2 rings (SSSR count). The minimum absolute atomic E-state index is 0.178. The molecule has 0 aromatic heterocycles. The summed E-state index contributed by atoms with van der Waals surface area (Å²) in [5.74, 6) is 1.19.